The minimum absolute atomic E-state index is 0.0540. The standard InChI is InChI=1S/C13H16O3.2C2H6/c14-7-6-12-8-13(10-16-12)15-9-11-4-2-1-3-5-11;2*1-2/h1-5,7,12-13H,6,8-10H2;2*1-2H3. The van der Waals surface area contributed by atoms with Crippen molar-refractivity contribution in [3.05, 3.63) is 35.9 Å². The van der Waals surface area contributed by atoms with E-state index in [2.05, 4.69) is 0 Å². The molecule has 1 saturated heterocycles. The molecule has 1 aromatic carbocycles. The Labute approximate surface area is 123 Å². The van der Waals surface area contributed by atoms with Crippen molar-refractivity contribution in [3.8, 4) is 0 Å². The van der Waals surface area contributed by atoms with E-state index in [9.17, 15) is 4.79 Å². The summed E-state index contributed by atoms with van der Waals surface area (Å²) in [5, 5.41) is 0. The first-order chi connectivity index (χ1) is 9.88. The summed E-state index contributed by atoms with van der Waals surface area (Å²) in [6.45, 7) is 9.22. The van der Waals surface area contributed by atoms with Crippen LogP contribution in [0, 0.1) is 0 Å². The number of carbonyl (C=O) groups is 1. The fraction of sp³-hybridized carbons (Fsp3) is 0.588. The van der Waals surface area contributed by atoms with Crippen molar-refractivity contribution in [2.75, 3.05) is 6.61 Å². The van der Waals surface area contributed by atoms with Gasteiger partial charge in [0, 0.05) is 12.8 Å². The molecule has 3 nitrogen and oxygen atoms in total. The monoisotopic (exact) mass is 280 g/mol. The van der Waals surface area contributed by atoms with Crippen molar-refractivity contribution < 1.29 is 14.3 Å². The molecule has 0 bridgehead atoms. The zero-order valence-corrected chi connectivity index (χ0v) is 13.2. The third-order valence-electron chi connectivity index (χ3n) is 2.73. The minimum atomic E-state index is 0.0540. The van der Waals surface area contributed by atoms with E-state index in [1.165, 1.54) is 5.56 Å². The van der Waals surface area contributed by atoms with E-state index in [1.54, 1.807) is 0 Å². The average molecular weight is 280 g/mol. The number of rotatable bonds is 5. The lowest BCUT2D eigenvalue weighted by atomic mass is 10.1. The highest BCUT2D eigenvalue weighted by Gasteiger charge is 2.25. The van der Waals surface area contributed by atoms with E-state index in [0.29, 0.717) is 19.6 Å². The molecule has 2 atom stereocenters. The van der Waals surface area contributed by atoms with E-state index in [0.717, 1.165) is 12.7 Å². The lowest BCUT2D eigenvalue weighted by molar-refractivity contribution is -0.109. The van der Waals surface area contributed by atoms with E-state index < -0.39 is 0 Å². The second-order valence-electron chi connectivity index (χ2n) is 4.01. The van der Waals surface area contributed by atoms with E-state index in [4.69, 9.17) is 9.47 Å². The van der Waals surface area contributed by atoms with E-state index in [-0.39, 0.29) is 12.2 Å². The van der Waals surface area contributed by atoms with Crippen LogP contribution in [-0.4, -0.2) is 25.1 Å². The lowest BCUT2D eigenvalue weighted by Crippen LogP contribution is -2.12. The molecule has 1 fully saturated rings. The Morgan fingerprint density at radius 1 is 1.20 bits per heavy atom. The van der Waals surface area contributed by atoms with Gasteiger partial charge in [0.05, 0.1) is 25.4 Å². The van der Waals surface area contributed by atoms with Gasteiger partial charge in [-0.3, -0.25) is 0 Å². The van der Waals surface area contributed by atoms with Gasteiger partial charge in [0.2, 0.25) is 0 Å². The van der Waals surface area contributed by atoms with Gasteiger partial charge in [0.15, 0.2) is 0 Å². The van der Waals surface area contributed by atoms with Crippen LogP contribution in [-0.2, 0) is 20.9 Å². The number of ether oxygens (including phenoxy) is 2. The normalized spacial score (nSPS) is 20.2. The molecule has 0 radical (unpaired) electrons. The number of carbonyl (C=O) groups excluding carboxylic acids is 1. The number of aldehydes is 1. The SMILES string of the molecule is CC.CC.O=CCC1CC(OCc2ccccc2)CO1. The molecule has 3 heteroatoms. The third kappa shape index (κ3) is 7.41. The fourth-order valence-corrected chi connectivity index (χ4v) is 1.85. The van der Waals surface area contributed by atoms with Crippen LogP contribution in [0.2, 0.25) is 0 Å². The van der Waals surface area contributed by atoms with Crippen LogP contribution in [0.25, 0.3) is 0 Å². The van der Waals surface area contributed by atoms with Crippen LogP contribution in [0.1, 0.15) is 46.1 Å². The Kier molecular flexibility index (Phi) is 12.1. The summed E-state index contributed by atoms with van der Waals surface area (Å²) in [6.07, 6.45) is 2.39. The Bertz CT molecular complexity index is 324. The summed E-state index contributed by atoms with van der Waals surface area (Å²) < 4.78 is 11.2. The first-order valence-electron chi connectivity index (χ1n) is 7.59. The summed E-state index contributed by atoms with van der Waals surface area (Å²) in [6, 6.07) is 10.1. The predicted octanol–water partition coefficient (Wildman–Crippen LogP) is 4.00. The van der Waals surface area contributed by atoms with Crippen LogP contribution in [0.5, 0.6) is 0 Å². The average Bonchev–Trinajstić information content (AvgIpc) is 2.98. The molecule has 114 valence electrons. The second kappa shape index (κ2) is 12.8. The molecular formula is C17H28O3. The molecule has 20 heavy (non-hydrogen) atoms. The van der Waals surface area contributed by atoms with Crippen molar-refractivity contribution in [1.82, 2.24) is 0 Å². The largest absolute Gasteiger partial charge is 0.375 e. The van der Waals surface area contributed by atoms with E-state index >= 15 is 0 Å². The fourth-order valence-electron chi connectivity index (χ4n) is 1.85. The van der Waals surface area contributed by atoms with Gasteiger partial charge in [-0.2, -0.15) is 0 Å². The van der Waals surface area contributed by atoms with Gasteiger partial charge in [-0.1, -0.05) is 58.0 Å². The quantitative estimate of drug-likeness (QED) is 0.765. The van der Waals surface area contributed by atoms with Crippen LogP contribution in [0.3, 0.4) is 0 Å². The van der Waals surface area contributed by atoms with Crippen molar-refractivity contribution >= 4 is 6.29 Å². The maximum atomic E-state index is 10.3. The minimum Gasteiger partial charge on any atom is -0.375 e. The van der Waals surface area contributed by atoms with E-state index in [1.807, 2.05) is 58.0 Å². The van der Waals surface area contributed by atoms with Gasteiger partial charge >= 0.3 is 0 Å². The molecule has 0 amide bonds. The highest BCUT2D eigenvalue weighted by molar-refractivity contribution is 5.50. The van der Waals surface area contributed by atoms with Gasteiger partial charge in [0.25, 0.3) is 0 Å². The molecular weight excluding hydrogens is 252 g/mol. The van der Waals surface area contributed by atoms with Gasteiger partial charge in [-0.25, -0.2) is 0 Å². The van der Waals surface area contributed by atoms with Crippen LogP contribution < -0.4 is 0 Å². The Morgan fingerprint density at radius 3 is 2.45 bits per heavy atom. The maximum absolute atomic E-state index is 10.3. The van der Waals surface area contributed by atoms with Crippen molar-refractivity contribution in [1.29, 1.82) is 0 Å². The molecule has 1 aliphatic rings. The van der Waals surface area contributed by atoms with Crippen LogP contribution in [0.15, 0.2) is 30.3 Å². The molecule has 1 heterocycles. The molecule has 0 aliphatic carbocycles. The molecule has 1 aromatic rings. The highest BCUT2D eigenvalue weighted by atomic mass is 16.5. The second-order valence-corrected chi connectivity index (χ2v) is 4.01. The Balaban J connectivity index is 0.000000829. The summed E-state index contributed by atoms with van der Waals surface area (Å²) in [5.41, 5.74) is 1.17. The summed E-state index contributed by atoms with van der Waals surface area (Å²) >= 11 is 0. The molecule has 0 saturated carbocycles. The van der Waals surface area contributed by atoms with Crippen LogP contribution >= 0.6 is 0 Å². The molecule has 2 unspecified atom stereocenters. The zero-order chi connectivity index (χ0) is 15.2. The zero-order valence-electron chi connectivity index (χ0n) is 13.2. The Morgan fingerprint density at radius 2 is 1.85 bits per heavy atom. The smallest absolute Gasteiger partial charge is 0.122 e. The first kappa shape index (κ1) is 18.8. The predicted molar refractivity (Wildman–Crippen MR) is 82.8 cm³/mol. The molecule has 0 N–H and O–H groups in total. The maximum Gasteiger partial charge on any atom is 0.122 e. The van der Waals surface area contributed by atoms with Gasteiger partial charge < -0.3 is 14.3 Å². The highest BCUT2D eigenvalue weighted by Crippen LogP contribution is 2.19. The van der Waals surface area contributed by atoms with Gasteiger partial charge in [-0.15, -0.1) is 0 Å². The topological polar surface area (TPSA) is 35.5 Å². The van der Waals surface area contributed by atoms with Crippen molar-refractivity contribution in [2.45, 2.75) is 59.4 Å². The summed E-state index contributed by atoms with van der Waals surface area (Å²) in [7, 11) is 0. The van der Waals surface area contributed by atoms with Crippen molar-refractivity contribution in [2.24, 2.45) is 0 Å². The lowest BCUT2D eigenvalue weighted by Gasteiger charge is -2.09. The van der Waals surface area contributed by atoms with Gasteiger partial charge in [-0.05, 0) is 5.56 Å². The molecule has 0 spiro atoms. The summed E-state index contributed by atoms with van der Waals surface area (Å²) in [5.74, 6) is 0. The first-order valence-corrected chi connectivity index (χ1v) is 7.59. The van der Waals surface area contributed by atoms with Crippen molar-refractivity contribution in [3.63, 3.8) is 0 Å². The number of hydrogen-bond donors (Lipinski definition) is 0. The van der Waals surface area contributed by atoms with Crippen LogP contribution in [0.4, 0.5) is 0 Å². The number of hydrogen-bond acceptors (Lipinski definition) is 3. The Hall–Kier alpha value is -1.19. The summed E-state index contributed by atoms with van der Waals surface area (Å²) in [4.78, 5) is 10.3. The number of benzene rings is 1. The molecule has 2 rings (SSSR count). The molecule has 0 aromatic heterocycles. The molecule has 1 aliphatic heterocycles. The third-order valence-corrected chi connectivity index (χ3v) is 2.73. The van der Waals surface area contributed by atoms with Gasteiger partial charge in [0.1, 0.15) is 6.29 Å².